The maximum absolute atomic E-state index is 11.3. The van der Waals surface area contributed by atoms with Crippen LogP contribution in [-0.2, 0) is 4.74 Å². The van der Waals surface area contributed by atoms with E-state index < -0.39 is 0 Å². The maximum atomic E-state index is 11.3. The zero-order valence-corrected chi connectivity index (χ0v) is 8.75. The molecule has 0 radical (unpaired) electrons. The van der Waals surface area contributed by atoms with Gasteiger partial charge in [0.15, 0.2) is 0 Å². The van der Waals surface area contributed by atoms with Crippen molar-refractivity contribution < 1.29 is 4.74 Å². The van der Waals surface area contributed by atoms with Crippen LogP contribution in [0.25, 0.3) is 0 Å². The summed E-state index contributed by atoms with van der Waals surface area (Å²) in [5, 5.41) is 2.85. The molecule has 0 spiro atoms. The van der Waals surface area contributed by atoms with Crippen LogP contribution in [0.1, 0.15) is 24.5 Å². The number of hydrogen-bond donors (Lipinski definition) is 2. The number of rotatable bonds is 2. The average molecular weight is 209 g/mol. The third kappa shape index (κ3) is 2.36. The zero-order chi connectivity index (χ0) is 10.7. The minimum Gasteiger partial charge on any atom is -0.381 e. The van der Waals surface area contributed by atoms with Gasteiger partial charge in [-0.1, -0.05) is 0 Å². The van der Waals surface area contributed by atoms with Gasteiger partial charge < -0.3 is 10.1 Å². The second kappa shape index (κ2) is 4.44. The largest absolute Gasteiger partial charge is 0.381 e. The summed E-state index contributed by atoms with van der Waals surface area (Å²) in [4.78, 5) is 18.3. The number of hydrogen-bond acceptors (Lipinski definition) is 4. The lowest BCUT2D eigenvalue weighted by atomic mass is 9.96. The van der Waals surface area contributed by atoms with Gasteiger partial charge in [0.05, 0.1) is 5.69 Å². The minimum atomic E-state index is -0.101. The van der Waals surface area contributed by atoms with Crippen LogP contribution in [0.3, 0.4) is 0 Å². The molecule has 82 valence electrons. The number of anilines is 1. The van der Waals surface area contributed by atoms with E-state index in [1.165, 1.54) is 0 Å². The van der Waals surface area contributed by atoms with Crippen molar-refractivity contribution in [1.29, 1.82) is 0 Å². The molecule has 5 nitrogen and oxygen atoms in total. The molecular weight excluding hydrogens is 194 g/mol. The molecule has 2 heterocycles. The lowest BCUT2D eigenvalue weighted by molar-refractivity contribution is 0.0845. The molecule has 5 heteroatoms. The molecule has 0 unspecified atom stereocenters. The first-order chi connectivity index (χ1) is 7.29. The van der Waals surface area contributed by atoms with Crippen molar-refractivity contribution in [3.05, 3.63) is 22.1 Å². The van der Waals surface area contributed by atoms with Crippen LogP contribution in [0.15, 0.2) is 10.9 Å². The van der Waals surface area contributed by atoms with Crippen LogP contribution >= 0.6 is 0 Å². The summed E-state index contributed by atoms with van der Waals surface area (Å²) in [6, 6.07) is 1.58. The monoisotopic (exact) mass is 209 g/mol. The summed E-state index contributed by atoms with van der Waals surface area (Å²) in [6.45, 7) is 1.52. The molecule has 0 atom stereocenters. The molecule has 1 saturated heterocycles. The summed E-state index contributed by atoms with van der Waals surface area (Å²) < 4.78 is 5.28. The molecular formula is C10H15N3O2. The third-order valence-corrected chi connectivity index (χ3v) is 2.64. The lowest BCUT2D eigenvalue weighted by Crippen LogP contribution is -2.19. The van der Waals surface area contributed by atoms with Crippen LogP contribution in [0.2, 0.25) is 0 Å². The predicted octanol–water partition coefficient (Wildman–Crippen LogP) is 0.706. The Morgan fingerprint density at radius 3 is 2.93 bits per heavy atom. The summed E-state index contributed by atoms with van der Waals surface area (Å²) >= 11 is 0. The van der Waals surface area contributed by atoms with Crippen LogP contribution in [-0.4, -0.2) is 30.2 Å². The van der Waals surface area contributed by atoms with Crippen molar-refractivity contribution in [1.82, 2.24) is 9.97 Å². The van der Waals surface area contributed by atoms with E-state index in [0.717, 1.165) is 31.7 Å². The normalized spacial score (nSPS) is 17.7. The Balaban J connectivity index is 2.26. The highest BCUT2D eigenvalue weighted by atomic mass is 16.5. The number of aromatic amines is 1. The molecule has 2 rings (SSSR count). The van der Waals surface area contributed by atoms with Gasteiger partial charge >= 0.3 is 0 Å². The maximum Gasteiger partial charge on any atom is 0.252 e. The van der Waals surface area contributed by atoms with Crippen molar-refractivity contribution in [2.45, 2.75) is 18.8 Å². The molecule has 1 aliphatic heterocycles. The second-order valence-electron chi connectivity index (χ2n) is 3.66. The zero-order valence-electron chi connectivity index (χ0n) is 8.75. The number of nitrogens with one attached hydrogen (secondary N) is 2. The SMILES string of the molecule is CNc1nc(C2CCOCC2)cc(=O)[nH]1. The fourth-order valence-electron chi connectivity index (χ4n) is 1.80. The quantitative estimate of drug-likeness (QED) is 0.752. The molecule has 0 aliphatic carbocycles. The van der Waals surface area contributed by atoms with Gasteiger partial charge in [0.2, 0.25) is 5.95 Å². The first-order valence-electron chi connectivity index (χ1n) is 5.16. The third-order valence-electron chi connectivity index (χ3n) is 2.64. The molecule has 0 amide bonds. The van der Waals surface area contributed by atoms with Gasteiger partial charge in [-0.25, -0.2) is 4.98 Å². The van der Waals surface area contributed by atoms with Crippen molar-refractivity contribution >= 4 is 5.95 Å². The summed E-state index contributed by atoms with van der Waals surface area (Å²) in [6.07, 6.45) is 1.89. The second-order valence-corrected chi connectivity index (χ2v) is 3.66. The average Bonchev–Trinajstić information content (AvgIpc) is 2.29. The Morgan fingerprint density at radius 1 is 1.53 bits per heavy atom. The van der Waals surface area contributed by atoms with E-state index in [2.05, 4.69) is 15.3 Å². The first-order valence-corrected chi connectivity index (χ1v) is 5.16. The molecule has 15 heavy (non-hydrogen) atoms. The number of H-pyrrole nitrogens is 1. The van der Waals surface area contributed by atoms with Gasteiger partial charge in [0.1, 0.15) is 0 Å². The van der Waals surface area contributed by atoms with E-state index in [4.69, 9.17) is 4.74 Å². The Morgan fingerprint density at radius 2 is 2.27 bits per heavy atom. The van der Waals surface area contributed by atoms with E-state index in [0.29, 0.717) is 11.9 Å². The molecule has 1 aliphatic rings. The molecule has 0 aromatic carbocycles. The molecule has 0 saturated carbocycles. The summed E-state index contributed by atoms with van der Waals surface area (Å²) in [5.74, 6) is 0.886. The smallest absolute Gasteiger partial charge is 0.252 e. The van der Waals surface area contributed by atoms with Crippen molar-refractivity contribution in [2.24, 2.45) is 0 Å². The molecule has 2 N–H and O–H groups in total. The molecule has 1 aromatic rings. The highest BCUT2D eigenvalue weighted by Crippen LogP contribution is 2.24. The van der Waals surface area contributed by atoms with E-state index in [1.807, 2.05) is 0 Å². The van der Waals surface area contributed by atoms with Gasteiger partial charge in [0, 0.05) is 32.2 Å². The van der Waals surface area contributed by atoms with Gasteiger partial charge in [-0.15, -0.1) is 0 Å². The summed E-state index contributed by atoms with van der Waals surface area (Å²) in [5.41, 5.74) is 0.766. The highest BCUT2D eigenvalue weighted by molar-refractivity contribution is 5.25. The predicted molar refractivity (Wildman–Crippen MR) is 57.2 cm³/mol. The number of ether oxygens (including phenoxy) is 1. The summed E-state index contributed by atoms with van der Waals surface area (Å²) in [7, 11) is 1.74. The van der Waals surface area contributed by atoms with E-state index in [9.17, 15) is 4.79 Å². The number of aromatic nitrogens is 2. The van der Waals surface area contributed by atoms with Gasteiger partial charge in [-0.2, -0.15) is 0 Å². The van der Waals surface area contributed by atoms with Crippen LogP contribution < -0.4 is 10.9 Å². The standard InChI is InChI=1S/C10H15N3O2/c1-11-10-12-8(6-9(14)13-10)7-2-4-15-5-3-7/h6-7H,2-5H2,1H3,(H2,11,12,13,14). The van der Waals surface area contributed by atoms with Gasteiger partial charge in [0.25, 0.3) is 5.56 Å². The minimum absolute atomic E-state index is 0.101. The lowest BCUT2D eigenvalue weighted by Gasteiger charge is -2.21. The number of nitrogens with zero attached hydrogens (tertiary/aromatic N) is 1. The Labute approximate surface area is 87.9 Å². The van der Waals surface area contributed by atoms with Gasteiger partial charge in [-0.05, 0) is 12.8 Å². The van der Waals surface area contributed by atoms with E-state index in [-0.39, 0.29) is 5.56 Å². The van der Waals surface area contributed by atoms with Crippen molar-refractivity contribution in [3.8, 4) is 0 Å². The van der Waals surface area contributed by atoms with E-state index >= 15 is 0 Å². The molecule has 1 fully saturated rings. The van der Waals surface area contributed by atoms with Crippen LogP contribution in [0, 0.1) is 0 Å². The topological polar surface area (TPSA) is 67.0 Å². The fourth-order valence-corrected chi connectivity index (χ4v) is 1.80. The van der Waals surface area contributed by atoms with Gasteiger partial charge in [-0.3, -0.25) is 9.78 Å². The van der Waals surface area contributed by atoms with Crippen LogP contribution in [0.4, 0.5) is 5.95 Å². The Kier molecular flexibility index (Phi) is 3.01. The van der Waals surface area contributed by atoms with E-state index in [1.54, 1.807) is 13.1 Å². The highest BCUT2D eigenvalue weighted by Gasteiger charge is 2.18. The van der Waals surface area contributed by atoms with Crippen LogP contribution in [0.5, 0.6) is 0 Å². The fraction of sp³-hybridized carbons (Fsp3) is 0.600. The molecule has 1 aromatic heterocycles. The Bertz CT molecular complexity index is 382. The first kappa shape index (κ1) is 10.2. The van der Waals surface area contributed by atoms with Crippen molar-refractivity contribution in [3.63, 3.8) is 0 Å². The molecule has 0 bridgehead atoms. The van der Waals surface area contributed by atoms with Crippen molar-refractivity contribution in [2.75, 3.05) is 25.6 Å². The Hall–Kier alpha value is -1.36.